The standard InChI is InChI=1S/C14H19F2NO2S/c15-12-5-4-11(10-13(12)16)20-9-6-14(19)17-7-2-1-3-8-18/h4-5,10,18H,1-3,6-9H2,(H,17,19). The third-order valence-electron chi connectivity index (χ3n) is 2.65. The highest BCUT2D eigenvalue weighted by Gasteiger charge is 2.05. The molecule has 0 atom stereocenters. The minimum absolute atomic E-state index is 0.0518. The van der Waals surface area contributed by atoms with Gasteiger partial charge in [0, 0.05) is 30.2 Å². The van der Waals surface area contributed by atoms with E-state index in [0.717, 1.165) is 31.4 Å². The number of thioether (sulfide) groups is 1. The Kier molecular flexibility index (Phi) is 8.22. The molecule has 0 bridgehead atoms. The summed E-state index contributed by atoms with van der Waals surface area (Å²) in [6.45, 7) is 0.785. The van der Waals surface area contributed by atoms with Crippen LogP contribution >= 0.6 is 11.8 Å². The van der Waals surface area contributed by atoms with Gasteiger partial charge in [-0.1, -0.05) is 0 Å². The van der Waals surface area contributed by atoms with E-state index in [1.165, 1.54) is 17.8 Å². The summed E-state index contributed by atoms with van der Waals surface area (Å²) in [6.07, 6.45) is 2.83. The maximum absolute atomic E-state index is 12.9. The first-order valence-electron chi connectivity index (χ1n) is 6.59. The Balaban J connectivity index is 2.13. The molecule has 1 aromatic carbocycles. The number of unbranched alkanes of at least 4 members (excludes halogenated alkanes) is 2. The summed E-state index contributed by atoms with van der Waals surface area (Å²) in [6, 6.07) is 3.71. The van der Waals surface area contributed by atoms with Crippen LogP contribution in [0.5, 0.6) is 0 Å². The van der Waals surface area contributed by atoms with Gasteiger partial charge in [0.1, 0.15) is 0 Å². The van der Waals surface area contributed by atoms with Crippen LogP contribution in [0.25, 0.3) is 0 Å². The fourth-order valence-corrected chi connectivity index (χ4v) is 2.43. The number of rotatable bonds is 9. The highest BCUT2D eigenvalue weighted by atomic mass is 32.2. The van der Waals surface area contributed by atoms with Crippen LogP contribution in [0.4, 0.5) is 8.78 Å². The average molecular weight is 303 g/mol. The van der Waals surface area contributed by atoms with Gasteiger partial charge in [0.2, 0.25) is 5.91 Å². The molecule has 112 valence electrons. The van der Waals surface area contributed by atoms with Crippen LogP contribution in [-0.4, -0.2) is 29.9 Å². The van der Waals surface area contributed by atoms with Crippen LogP contribution in [0.3, 0.4) is 0 Å². The molecule has 0 aliphatic carbocycles. The smallest absolute Gasteiger partial charge is 0.220 e. The SMILES string of the molecule is O=C(CCSc1ccc(F)c(F)c1)NCCCCCO. The Morgan fingerprint density at radius 2 is 2.00 bits per heavy atom. The quantitative estimate of drug-likeness (QED) is 0.545. The number of amides is 1. The molecule has 0 fully saturated rings. The molecule has 3 nitrogen and oxygen atoms in total. The minimum Gasteiger partial charge on any atom is -0.396 e. The van der Waals surface area contributed by atoms with E-state index in [0.29, 0.717) is 23.6 Å². The number of halogens is 2. The predicted octanol–water partition coefficient (Wildman–Crippen LogP) is 2.73. The van der Waals surface area contributed by atoms with E-state index >= 15 is 0 Å². The Bertz CT molecular complexity index is 430. The number of hydrogen-bond donors (Lipinski definition) is 2. The zero-order valence-electron chi connectivity index (χ0n) is 11.2. The molecule has 0 saturated carbocycles. The van der Waals surface area contributed by atoms with Gasteiger partial charge in [0.05, 0.1) is 0 Å². The normalized spacial score (nSPS) is 10.6. The second-order valence-corrected chi connectivity index (χ2v) is 5.48. The Morgan fingerprint density at radius 3 is 2.70 bits per heavy atom. The summed E-state index contributed by atoms with van der Waals surface area (Å²) in [5.41, 5.74) is 0. The molecule has 20 heavy (non-hydrogen) atoms. The lowest BCUT2D eigenvalue weighted by Crippen LogP contribution is -2.24. The molecule has 6 heteroatoms. The van der Waals surface area contributed by atoms with Crippen molar-refractivity contribution < 1.29 is 18.7 Å². The van der Waals surface area contributed by atoms with Crippen molar-refractivity contribution in [1.29, 1.82) is 0 Å². The van der Waals surface area contributed by atoms with Crippen molar-refractivity contribution in [2.45, 2.75) is 30.6 Å². The van der Waals surface area contributed by atoms with E-state index in [-0.39, 0.29) is 12.5 Å². The molecule has 1 aromatic rings. The monoisotopic (exact) mass is 303 g/mol. The molecule has 1 rings (SSSR count). The maximum atomic E-state index is 12.9. The highest BCUT2D eigenvalue weighted by molar-refractivity contribution is 7.99. The first kappa shape index (κ1) is 16.9. The van der Waals surface area contributed by atoms with Crippen molar-refractivity contribution in [3.05, 3.63) is 29.8 Å². The average Bonchev–Trinajstić information content (AvgIpc) is 2.42. The molecule has 0 unspecified atom stereocenters. The number of nitrogens with one attached hydrogen (secondary N) is 1. The molecule has 0 heterocycles. The lowest BCUT2D eigenvalue weighted by atomic mass is 10.2. The summed E-state index contributed by atoms with van der Waals surface area (Å²) < 4.78 is 25.7. The fraction of sp³-hybridized carbons (Fsp3) is 0.500. The largest absolute Gasteiger partial charge is 0.396 e. The second kappa shape index (κ2) is 9.72. The third kappa shape index (κ3) is 6.86. The van der Waals surface area contributed by atoms with E-state index in [4.69, 9.17) is 5.11 Å². The van der Waals surface area contributed by atoms with Gasteiger partial charge < -0.3 is 10.4 Å². The number of carbonyl (C=O) groups excluding carboxylic acids is 1. The predicted molar refractivity (Wildman–Crippen MR) is 75.6 cm³/mol. The summed E-state index contributed by atoms with van der Waals surface area (Å²) in [5.74, 6) is -1.27. The Labute approximate surface area is 121 Å². The minimum atomic E-state index is -0.872. The molecular formula is C14H19F2NO2S. The summed E-state index contributed by atoms with van der Waals surface area (Å²) in [5, 5.41) is 11.4. The first-order valence-corrected chi connectivity index (χ1v) is 7.57. The van der Waals surface area contributed by atoms with Gasteiger partial charge >= 0.3 is 0 Å². The molecule has 0 aromatic heterocycles. The first-order chi connectivity index (χ1) is 9.63. The number of aliphatic hydroxyl groups is 1. The Hall–Kier alpha value is -1.14. The second-order valence-electron chi connectivity index (χ2n) is 4.31. The number of benzene rings is 1. The summed E-state index contributed by atoms with van der Waals surface area (Å²) in [4.78, 5) is 12.1. The van der Waals surface area contributed by atoms with Gasteiger partial charge in [0.25, 0.3) is 0 Å². The maximum Gasteiger partial charge on any atom is 0.220 e. The molecule has 0 radical (unpaired) electrons. The topological polar surface area (TPSA) is 49.3 Å². The van der Waals surface area contributed by atoms with Crippen molar-refractivity contribution >= 4 is 17.7 Å². The zero-order valence-corrected chi connectivity index (χ0v) is 12.0. The molecule has 2 N–H and O–H groups in total. The molecule has 0 aliphatic rings. The molecule has 1 amide bonds. The van der Waals surface area contributed by atoms with Crippen molar-refractivity contribution in [2.75, 3.05) is 18.9 Å². The molecular weight excluding hydrogens is 284 g/mol. The lowest BCUT2D eigenvalue weighted by molar-refractivity contribution is -0.120. The summed E-state index contributed by atoms with van der Waals surface area (Å²) >= 11 is 1.32. The molecule has 0 aliphatic heterocycles. The van der Waals surface area contributed by atoms with Gasteiger partial charge in [-0.2, -0.15) is 0 Å². The van der Waals surface area contributed by atoms with Crippen LogP contribution in [0.2, 0.25) is 0 Å². The highest BCUT2D eigenvalue weighted by Crippen LogP contribution is 2.20. The fourth-order valence-electron chi connectivity index (χ4n) is 1.56. The van der Waals surface area contributed by atoms with E-state index in [2.05, 4.69) is 5.32 Å². The van der Waals surface area contributed by atoms with Gasteiger partial charge in [-0.05, 0) is 37.5 Å². The van der Waals surface area contributed by atoms with Crippen molar-refractivity contribution in [2.24, 2.45) is 0 Å². The summed E-state index contributed by atoms with van der Waals surface area (Å²) in [7, 11) is 0. The Morgan fingerprint density at radius 1 is 1.20 bits per heavy atom. The zero-order chi connectivity index (χ0) is 14.8. The number of aliphatic hydroxyl groups excluding tert-OH is 1. The lowest BCUT2D eigenvalue weighted by Gasteiger charge is -2.05. The van der Waals surface area contributed by atoms with E-state index in [1.807, 2.05) is 0 Å². The molecule has 0 saturated heterocycles. The van der Waals surface area contributed by atoms with Gasteiger partial charge in [-0.15, -0.1) is 11.8 Å². The van der Waals surface area contributed by atoms with E-state index in [9.17, 15) is 13.6 Å². The van der Waals surface area contributed by atoms with E-state index < -0.39 is 11.6 Å². The van der Waals surface area contributed by atoms with Crippen LogP contribution in [0, 0.1) is 11.6 Å². The van der Waals surface area contributed by atoms with Crippen molar-refractivity contribution in [1.82, 2.24) is 5.32 Å². The van der Waals surface area contributed by atoms with Crippen molar-refractivity contribution in [3.8, 4) is 0 Å². The van der Waals surface area contributed by atoms with Crippen LogP contribution in [0.15, 0.2) is 23.1 Å². The van der Waals surface area contributed by atoms with Crippen molar-refractivity contribution in [3.63, 3.8) is 0 Å². The van der Waals surface area contributed by atoms with Crippen LogP contribution in [0.1, 0.15) is 25.7 Å². The van der Waals surface area contributed by atoms with Gasteiger partial charge in [0.15, 0.2) is 11.6 Å². The van der Waals surface area contributed by atoms with Crippen LogP contribution in [-0.2, 0) is 4.79 Å². The van der Waals surface area contributed by atoms with E-state index in [1.54, 1.807) is 0 Å². The van der Waals surface area contributed by atoms with Gasteiger partial charge in [-0.3, -0.25) is 4.79 Å². The third-order valence-corrected chi connectivity index (χ3v) is 3.64. The van der Waals surface area contributed by atoms with Crippen LogP contribution < -0.4 is 5.32 Å². The van der Waals surface area contributed by atoms with Gasteiger partial charge in [-0.25, -0.2) is 8.78 Å². The number of hydrogen-bond acceptors (Lipinski definition) is 3. The molecule has 0 spiro atoms. The number of carbonyl (C=O) groups is 1.